The first kappa shape index (κ1) is 23.2. The number of rotatable bonds is 5. The summed E-state index contributed by atoms with van der Waals surface area (Å²) >= 11 is 1.83. The van der Waals surface area contributed by atoms with Crippen LogP contribution in [0.4, 0.5) is 0 Å². The van der Waals surface area contributed by atoms with E-state index < -0.39 is 0 Å². The molecule has 28 heavy (non-hydrogen) atoms. The zero-order chi connectivity index (χ0) is 19.3. The van der Waals surface area contributed by atoms with Gasteiger partial charge in [0.25, 0.3) is 0 Å². The van der Waals surface area contributed by atoms with Crippen molar-refractivity contribution in [2.24, 2.45) is 4.99 Å². The second kappa shape index (κ2) is 10.6. The minimum atomic E-state index is -0.0294. The molecular weight excluding hydrogens is 485 g/mol. The Morgan fingerprint density at radius 2 is 2.04 bits per heavy atom. The molecule has 1 saturated heterocycles. The van der Waals surface area contributed by atoms with Crippen LogP contribution < -0.4 is 5.32 Å². The monoisotopic (exact) mass is 517 g/mol. The quantitative estimate of drug-likeness (QED) is 0.370. The maximum Gasteiger partial charge on any atom is 0.216 e. The fourth-order valence-electron chi connectivity index (χ4n) is 3.04. The topological polar surface area (TPSA) is 56.9 Å². The van der Waals surface area contributed by atoms with E-state index in [0.29, 0.717) is 12.4 Å². The molecule has 2 aromatic heterocycles. The van der Waals surface area contributed by atoms with E-state index in [4.69, 9.17) is 9.41 Å². The Balaban J connectivity index is 0.00000280. The van der Waals surface area contributed by atoms with Crippen molar-refractivity contribution in [3.8, 4) is 0 Å². The standard InChI is InChI=1S/C20H31N5OS.HI/c1-5-21-19(23-14-18-22-13-17(26-18)20(2,3)4)25-10-8-24(9-11-25)15-16-7-6-12-27-16;/h6-7,12-13H,5,8-11,14-15H2,1-4H3,(H,21,23);1H. The fourth-order valence-corrected chi connectivity index (χ4v) is 3.79. The van der Waals surface area contributed by atoms with E-state index in [1.807, 2.05) is 17.5 Å². The lowest BCUT2D eigenvalue weighted by Gasteiger charge is -2.36. The van der Waals surface area contributed by atoms with Crippen LogP contribution in [0.25, 0.3) is 0 Å². The van der Waals surface area contributed by atoms with Crippen molar-refractivity contribution in [1.82, 2.24) is 20.1 Å². The predicted molar refractivity (Wildman–Crippen MR) is 127 cm³/mol. The van der Waals surface area contributed by atoms with Crippen molar-refractivity contribution in [2.75, 3.05) is 32.7 Å². The van der Waals surface area contributed by atoms with Gasteiger partial charge in [0, 0.05) is 49.6 Å². The molecule has 0 bridgehead atoms. The molecule has 3 rings (SSSR count). The molecule has 0 spiro atoms. The highest BCUT2D eigenvalue weighted by atomic mass is 127. The van der Waals surface area contributed by atoms with Crippen molar-refractivity contribution in [2.45, 2.75) is 46.2 Å². The molecule has 0 aliphatic carbocycles. The maximum atomic E-state index is 5.87. The summed E-state index contributed by atoms with van der Waals surface area (Å²) in [5, 5.41) is 5.56. The Morgan fingerprint density at radius 1 is 1.29 bits per heavy atom. The number of oxazole rings is 1. The number of nitrogens with zero attached hydrogens (tertiary/aromatic N) is 4. The molecule has 0 unspecified atom stereocenters. The highest BCUT2D eigenvalue weighted by Crippen LogP contribution is 2.22. The Bertz CT molecular complexity index is 730. The summed E-state index contributed by atoms with van der Waals surface area (Å²) in [6, 6.07) is 4.34. The number of nitrogens with one attached hydrogen (secondary N) is 1. The average molecular weight is 517 g/mol. The van der Waals surface area contributed by atoms with Gasteiger partial charge in [-0.25, -0.2) is 9.98 Å². The van der Waals surface area contributed by atoms with Crippen molar-refractivity contribution in [3.63, 3.8) is 0 Å². The third-order valence-electron chi connectivity index (χ3n) is 4.62. The molecule has 6 nitrogen and oxygen atoms in total. The minimum Gasteiger partial charge on any atom is -0.443 e. The Hall–Kier alpha value is -1.13. The van der Waals surface area contributed by atoms with Gasteiger partial charge >= 0.3 is 0 Å². The van der Waals surface area contributed by atoms with Gasteiger partial charge in [-0.1, -0.05) is 26.8 Å². The van der Waals surface area contributed by atoms with Crippen LogP contribution in [0.3, 0.4) is 0 Å². The van der Waals surface area contributed by atoms with Crippen LogP contribution in [-0.4, -0.2) is 53.5 Å². The third kappa shape index (κ3) is 6.45. The fraction of sp³-hybridized carbons (Fsp3) is 0.600. The molecule has 1 N–H and O–H groups in total. The van der Waals surface area contributed by atoms with Crippen molar-refractivity contribution >= 4 is 41.3 Å². The van der Waals surface area contributed by atoms with E-state index in [-0.39, 0.29) is 29.4 Å². The number of thiophene rings is 1. The third-order valence-corrected chi connectivity index (χ3v) is 5.48. The molecule has 0 saturated carbocycles. The molecule has 0 amide bonds. The lowest BCUT2D eigenvalue weighted by molar-refractivity contribution is 0.173. The van der Waals surface area contributed by atoms with E-state index in [2.05, 4.69) is 65.3 Å². The van der Waals surface area contributed by atoms with E-state index in [1.54, 1.807) is 0 Å². The zero-order valence-corrected chi connectivity index (χ0v) is 20.4. The molecule has 0 aromatic carbocycles. The van der Waals surface area contributed by atoms with Gasteiger partial charge in [0.1, 0.15) is 12.3 Å². The minimum absolute atomic E-state index is 0. The van der Waals surface area contributed by atoms with Gasteiger partial charge < -0.3 is 14.6 Å². The van der Waals surface area contributed by atoms with Gasteiger partial charge in [-0.3, -0.25) is 4.90 Å². The molecule has 0 radical (unpaired) electrons. The van der Waals surface area contributed by atoms with Crippen LogP contribution in [-0.2, 0) is 18.5 Å². The van der Waals surface area contributed by atoms with E-state index >= 15 is 0 Å². The lowest BCUT2D eigenvalue weighted by atomic mass is 9.94. The number of aromatic nitrogens is 1. The van der Waals surface area contributed by atoms with Gasteiger partial charge in [0.15, 0.2) is 5.96 Å². The summed E-state index contributed by atoms with van der Waals surface area (Å²) in [5.74, 6) is 2.52. The Morgan fingerprint density at radius 3 is 2.61 bits per heavy atom. The number of aliphatic imine (C=N–C) groups is 1. The summed E-state index contributed by atoms with van der Waals surface area (Å²) < 4.78 is 5.87. The molecule has 2 aromatic rings. The number of halogens is 1. The van der Waals surface area contributed by atoms with Gasteiger partial charge in [0.2, 0.25) is 5.89 Å². The zero-order valence-electron chi connectivity index (χ0n) is 17.3. The molecule has 156 valence electrons. The first-order chi connectivity index (χ1) is 13.0. The second-order valence-corrected chi connectivity index (χ2v) is 8.91. The molecular formula is C20H32IN5OS. The normalized spacial score (nSPS) is 16.1. The Kier molecular flexibility index (Phi) is 8.76. The largest absolute Gasteiger partial charge is 0.443 e. The summed E-state index contributed by atoms with van der Waals surface area (Å²) in [6.45, 7) is 14.9. The van der Waals surface area contributed by atoms with E-state index in [9.17, 15) is 0 Å². The van der Waals surface area contributed by atoms with Crippen LogP contribution in [0, 0.1) is 0 Å². The molecule has 1 aliphatic rings. The van der Waals surface area contributed by atoms with Gasteiger partial charge in [-0.15, -0.1) is 35.3 Å². The summed E-state index contributed by atoms with van der Waals surface area (Å²) in [6.07, 6.45) is 1.82. The average Bonchev–Trinajstić information content (AvgIpc) is 3.31. The van der Waals surface area contributed by atoms with Crippen LogP contribution >= 0.6 is 35.3 Å². The van der Waals surface area contributed by atoms with Gasteiger partial charge in [-0.2, -0.15) is 0 Å². The van der Waals surface area contributed by atoms with Crippen LogP contribution in [0.5, 0.6) is 0 Å². The SMILES string of the molecule is CCNC(=NCc1ncc(C(C)(C)C)o1)N1CCN(Cc2cccs2)CC1.I. The van der Waals surface area contributed by atoms with E-state index in [1.165, 1.54) is 4.88 Å². The highest BCUT2D eigenvalue weighted by Gasteiger charge is 2.21. The first-order valence-corrected chi connectivity index (χ1v) is 10.6. The van der Waals surface area contributed by atoms with Crippen LogP contribution in [0.1, 0.15) is 44.2 Å². The predicted octanol–water partition coefficient (Wildman–Crippen LogP) is 3.93. The van der Waals surface area contributed by atoms with Crippen molar-refractivity contribution < 1.29 is 4.42 Å². The summed E-state index contributed by atoms with van der Waals surface area (Å²) in [4.78, 5) is 15.4. The van der Waals surface area contributed by atoms with Crippen molar-refractivity contribution in [3.05, 3.63) is 40.2 Å². The summed E-state index contributed by atoms with van der Waals surface area (Å²) in [7, 11) is 0. The molecule has 0 atom stereocenters. The maximum absolute atomic E-state index is 5.87. The van der Waals surface area contributed by atoms with Gasteiger partial charge in [-0.05, 0) is 18.4 Å². The highest BCUT2D eigenvalue weighted by molar-refractivity contribution is 14.0. The number of hydrogen-bond donors (Lipinski definition) is 1. The smallest absolute Gasteiger partial charge is 0.216 e. The summed E-state index contributed by atoms with van der Waals surface area (Å²) in [5.41, 5.74) is -0.0294. The lowest BCUT2D eigenvalue weighted by Crippen LogP contribution is -2.52. The Labute approximate surface area is 189 Å². The molecule has 3 heterocycles. The molecule has 1 fully saturated rings. The second-order valence-electron chi connectivity index (χ2n) is 7.88. The van der Waals surface area contributed by atoms with E-state index in [0.717, 1.165) is 51.0 Å². The van der Waals surface area contributed by atoms with Crippen LogP contribution in [0.15, 0.2) is 33.1 Å². The number of guanidine groups is 1. The molecule has 8 heteroatoms. The molecule has 1 aliphatic heterocycles. The number of piperazine rings is 1. The van der Waals surface area contributed by atoms with Crippen molar-refractivity contribution in [1.29, 1.82) is 0 Å². The van der Waals surface area contributed by atoms with Gasteiger partial charge in [0.05, 0.1) is 6.20 Å². The first-order valence-electron chi connectivity index (χ1n) is 9.69. The van der Waals surface area contributed by atoms with Crippen LogP contribution in [0.2, 0.25) is 0 Å². The number of hydrogen-bond acceptors (Lipinski definition) is 5.